The zero-order valence-electron chi connectivity index (χ0n) is 17.4. The fourth-order valence-corrected chi connectivity index (χ4v) is 4.36. The molecule has 1 aromatic heterocycles. The van der Waals surface area contributed by atoms with Gasteiger partial charge in [0.2, 0.25) is 10.0 Å². The molecule has 0 saturated heterocycles. The number of aromatic nitrogens is 1. The molecule has 10 heteroatoms. The molecule has 166 valence electrons. The summed E-state index contributed by atoms with van der Waals surface area (Å²) in [6.07, 6.45) is 2.53. The zero-order valence-corrected chi connectivity index (χ0v) is 21.3. The molecule has 1 heterocycles. The third-order valence-electron chi connectivity index (χ3n) is 4.04. The molecule has 1 aromatic carbocycles. The van der Waals surface area contributed by atoms with E-state index in [1.807, 2.05) is 30.3 Å². The minimum absolute atomic E-state index is 0. The standard InChI is InChI=1S/C20H28ClN5O2S.HI/c1-15(2)26-29(27,28)14-18-7-5-4-6-17(18)13-25-20(22-3)23-11-10-16-8-9-19(21)24-12-16;/h4-9,12,15,26H,10-11,13-14H2,1-3H3,(H2,22,23,25);1H. The smallest absolute Gasteiger partial charge is 0.216 e. The average Bonchev–Trinajstić information content (AvgIpc) is 2.65. The first kappa shape index (κ1) is 26.6. The fourth-order valence-electron chi connectivity index (χ4n) is 2.76. The van der Waals surface area contributed by atoms with E-state index in [0.717, 1.165) is 23.1 Å². The van der Waals surface area contributed by atoms with E-state index in [9.17, 15) is 8.42 Å². The lowest BCUT2D eigenvalue weighted by Crippen LogP contribution is -2.38. The van der Waals surface area contributed by atoms with E-state index in [1.165, 1.54) is 0 Å². The van der Waals surface area contributed by atoms with Gasteiger partial charge in [0, 0.05) is 32.4 Å². The van der Waals surface area contributed by atoms with Gasteiger partial charge in [0.05, 0.1) is 5.75 Å². The molecule has 0 atom stereocenters. The van der Waals surface area contributed by atoms with Crippen LogP contribution in [0.25, 0.3) is 0 Å². The van der Waals surface area contributed by atoms with Gasteiger partial charge in [-0.05, 0) is 43.0 Å². The number of hydrogen-bond acceptors (Lipinski definition) is 4. The maximum absolute atomic E-state index is 12.3. The Labute approximate surface area is 201 Å². The van der Waals surface area contributed by atoms with Crippen molar-refractivity contribution < 1.29 is 8.42 Å². The lowest BCUT2D eigenvalue weighted by atomic mass is 10.1. The largest absolute Gasteiger partial charge is 0.356 e. The number of hydrogen-bond donors (Lipinski definition) is 3. The first-order valence-corrected chi connectivity index (χ1v) is 11.4. The molecule has 3 N–H and O–H groups in total. The Bertz CT molecular complexity index is 921. The number of nitrogens with one attached hydrogen (secondary N) is 3. The number of sulfonamides is 1. The Kier molecular flexibility index (Phi) is 11.6. The highest BCUT2D eigenvalue weighted by Crippen LogP contribution is 2.12. The van der Waals surface area contributed by atoms with E-state index in [4.69, 9.17) is 11.6 Å². The summed E-state index contributed by atoms with van der Waals surface area (Å²) < 4.78 is 27.2. The highest BCUT2D eigenvalue weighted by atomic mass is 127. The zero-order chi connectivity index (χ0) is 21.3. The Hall–Kier alpha value is -1.43. The van der Waals surface area contributed by atoms with Crippen LogP contribution in [0, 0.1) is 0 Å². The summed E-state index contributed by atoms with van der Waals surface area (Å²) in [5, 5.41) is 6.95. The maximum Gasteiger partial charge on any atom is 0.216 e. The second-order valence-electron chi connectivity index (χ2n) is 6.89. The van der Waals surface area contributed by atoms with Gasteiger partial charge in [-0.25, -0.2) is 18.1 Å². The third-order valence-corrected chi connectivity index (χ3v) is 5.79. The fraction of sp³-hybridized carbons (Fsp3) is 0.400. The molecule has 0 aliphatic heterocycles. The van der Waals surface area contributed by atoms with Crippen LogP contribution >= 0.6 is 35.6 Å². The molecule has 0 aliphatic rings. The van der Waals surface area contributed by atoms with Crippen molar-refractivity contribution in [2.75, 3.05) is 13.6 Å². The van der Waals surface area contributed by atoms with Crippen LogP contribution in [0.1, 0.15) is 30.5 Å². The number of halogens is 2. The quantitative estimate of drug-likeness (QED) is 0.188. The molecule has 0 unspecified atom stereocenters. The topological polar surface area (TPSA) is 95.5 Å². The van der Waals surface area contributed by atoms with Gasteiger partial charge in [-0.3, -0.25) is 4.99 Å². The molecular weight excluding hydrogens is 537 g/mol. The van der Waals surface area contributed by atoms with Gasteiger partial charge in [0.1, 0.15) is 5.15 Å². The molecule has 0 bridgehead atoms. The van der Waals surface area contributed by atoms with Gasteiger partial charge in [-0.1, -0.05) is 41.9 Å². The minimum atomic E-state index is -3.39. The Morgan fingerprint density at radius 2 is 1.83 bits per heavy atom. The highest BCUT2D eigenvalue weighted by molar-refractivity contribution is 14.0. The summed E-state index contributed by atoms with van der Waals surface area (Å²) in [5.74, 6) is 0.587. The van der Waals surface area contributed by atoms with Gasteiger partial charge in [-0.2, -0.15) is 0 Å². The minimum Gasteiger partial charge on any atom is -0.356 e. The maximum atomic E-state index is 12.3. The highest BCUT2D eigenvalue weighted by Gasteiger charge is 2.15. The van der Waals surface area contributed by atoms with Gasteiger partial charge in [0.15, 0.2) is 5.96 Å². The number of benzene rings is 1. The van der Waals surface area contributed by atoms with Crippen molar-refractivity contribution in [2.24, 2.45) is 4.99 Å². The van der Waals surface area contributed by atoms with E-state index in [0.29, 0.717) is 24.2 Å². The summed E-state index contributed by atoms with van der Waals surface area (Å²) in [7, 11) is -1.69. The van der Waals surface area contributed by atoms with Crippen LogP contribution < -0.4 is 15.4 Å². The van der Waals surface area contributed by atoms with Crippen LogP contribution in [-0.2, 0) is 28.7 Å². The molecule has 0 radical (unpaired) electrons. The molecule has 0 aliphatic carbocycles. The summed E-state index contributed by atoms with van der Waals surface area (Å²) in [5.41, 5.74) is 2.74. The van der Waals surface area contributed by atoms with Gasteiger partial charge in [-0.15, -0.1) is 24.0 Å². The van der Waals surface area contributed by atoms with Crippen LogP contribution in [0.5, 0.6) is 0 Å². The van der Waals surface area contributed by atoms with Gasteiger partial charge < -0.3 is 10.6 Å². The van der Waals surface area contributed by atoms with Crippen LogP contribution in [0.4, 0.5) is 0 Å². The summed E-state index contributed by atoms with van der Waals surface area (Å²) >= 11 is 5.80. The normalized spacial score (nSPS) is 11.8. The van der Waals surface area contributed by atoms with E-state index in [-0.39, 0.29) is 35.8 Å². The van der Waals surface area contributed by atoms with Crippen LogP contribution in [0.3, 0.4) is 0 Å². The third kappa shape index (κ3) is 9.59. The summed E-state index contributed by atoms with van der Waals surface area (Å²) in [6.45, 7) is 4.76. The Balaban J connectivity index is 0.00000450. The van der Waals surface area contributed by atoms with Crippen molar-refractivity contribution in [3.05, 3.63) is 64.4 Å². The molecular formula is C20H29ClIN5O2S. The van der Waals surface area contributed by atoms with Gasteiger partial charge in [0.25, 0.3) is 0 Å². The second-order valence-corrected chi connectivity index (χ2v) is 9.03. The van der Waals surface area contributed by atoms with Crippen molar-refractivity contribution in [1.29, 1.82) is 0 Å². The lowest BCUT2D eigenvalue weighted by Gasteiger charge is -2.15. The molecule has 0 amide bonds. The number of nitrogens with zero attached hydrogens (tertiary/aromatic N) is 2. The Morgan fingerprint density at radius 3 is 2.43 bits per heavy atom. The predicted molar refractivity (Wildman–Crippen MR) is 134 cm³/mol. The number of guanidine groups is 1. The molecule has 0 spiro atoms. The van der Waals surface area contributed by atoms with Crippen molar-refractivity contribution in [2.45, 2.75) is 38.6 Å². The van der Waals surface area contributed by atoms with E-state index >= 15 is 0 Å². The Morgan fingerprint density at radius 1 is 1.13 bits per heavy atom. The van der Waals surface area contributed by atoms with Crippen molar-refractivity contribution in [3.8, 4) is 0 Å². The molecule has 2 rings (SSSR count). The summed E-state index contributed by atoms with van der Waals surface area (Å²) in [6, 6.07) is 11.1. The monoisotopic (exact) mass is 565 g/mol. The molecule has 30 heavy (non-hydrogen) atoms. The predicted octanol–water partition coefficient (Wildman–Crippen LogP) is 3.09. The lowest BCUT2D eigenvalue weighted by molar-refractivity contribution is 0.568. The number of rotatable bonds is 9. The molecule has 0 saturated carbocycles. The average molecular weight is 566 g/mol. The van der Waals surface area contributed by atoms with Crippen molar-refractivity contribution in [1.82, 2.24) is 20.3 Å². The van der Waals surface area contributed by atoms with E-state index in [1.54, 1.807) is 33.2 Å². The van der Waals surface area contributed by atoms with Crippen molar-refractivity contribution >= 4 is 51.6 Å². The van der Waals surface area contributed by atoms with E-state index in [2.05, 4.69) is 25.3 Å². The first-order chi connectivity index (χ1) is 13.8. The van der Waals surface area contributed by atoms with Crippen LogP contribution in [0.15, 0.2) is 47.6 Å². The van der Waals surface area contributed by atoms with Gasteiger partial charge >= 0.3 is 0 Å². The summed E-state index contributed by atoms with van der Waals surface area (Å²) in [4.78, 5) is 8.29. The molecule has 7 nitrogen and oxygen atoms in total. The number of aliphatic imine (C=N–C) groups is 1. The second kappa shape index (κ2) is 13.1. The molecule has 0 fully saturated rings. The number of pyridine rings is 1. The first-order valence-electron chi connectivity index (χ1n) is 9.41. The van der Waals surface area contributed by atoms with E-state index < -0.39 is 10.0 Å². The SMILES string of the molecule is CN=C(NCCc1ccc(Cl)nc1)NCc1ccccc1CS(=O)(=O)NC(C)C.I. The van der Waals surface area contributed by atoms with Crippen LogP contribution in [-0.4, -0.2) is 39.0 Å². The van der Waals surface area contributed by atoms with Crippen LogP contribution in [0.2, 0.25) is 5.15 Å². The van der Waals surface area contributed by atoms with Crippen molar-refractivity contribution in [3.63, 3.8) is 0 Å². The molecule has 2 aromatic rings.